The molecule has 0 N–H and O–H groups in total. The summed E-state index contributed by atoms with van der Waals surface area (Å²) >= 11 is 1.75. The molecule has 0 spiro atoms. The van der Waals surface area contributed by atoms with E-state index in [1.165, 1.54) is 28.2 Å². The second-order valence-corrected chi connectivity index (χ2v) is 10.1. The van der Waals surface area contributed by atoms with E-state index in [9.17, 15) is 9.59 Å². The van der Waals surface area contributed by atoms with Gasteiger partial charge >= 0.3 is 0 Å². The fraction of sp³-hybridized carbons (Fsp3) is 0.375. The van der Waals surface area contributed by atoms with Crippen molar-refractivity contribution in [3.63, 3.8) is 0 Å². The summed E-state index contributed by atoms with van der Waals surface area (Å²) in [6, 6.07) is 6.48. The Balaban J connectivity index is 1.50. The lowest BCUT2D eigenvalue weighted by molar-refractivity contribution is 0.0555. The molecule has 4 aromatic rings. The Bertz CT molecular complexity index is 1370. The van der Waals surface area contributed by atoms with Gasteiger partial charge in [-0.15, -0.1) is 16.4 Å². The molecule has 1 aliphatic heterocycles. The first-order chi connectivity index (χ1) is 15.5. The van der Waals surface area contributed by atoms with Gasteiger partial charge in [-0.3, -0.25) is 14.5 Å². The van der Waals surface area contributed by atoms with Crippen LogP contribution in [0.15, 0.2) is 30.6 Å². The van der Waals surface area contributed by atoms with E-state index in [1.54, 1.807) is 46.4 Å². The molecule has 4 heterocycles. The van der Waals surface area contributed by atoms with Crippen LogP contribution in [-0.2, 0) is 12.8 Å². The summed E-state index contributed by atoms with van der Waals surface area (Å²) in [7, 11) is 0. The van der Waals surface area contributed by atoms with Crippen LogP contribution in [0.1, 0.15) is 76.1 Å². The molecule has 0 saturated carbocycles. The number of rotatable bonds is 4. The Hall–Kier alpha value is -3.13. The lowest BCUT2D eigenvalue weighted by Gasteiger charge is -2.25. The quantitative estimate of drug-likeness (QED) is 0.429. The summed E-state index contributed by atoms with van der Waals surface area (Å²) in [6.45, 7) is 4.16. The molecule has 8 heteroatoms. The summed E-state index contributed by atoms with van der Waals surface area (Å²) in [6.07, 6.45) is 6.81. The van der Waals surface area contributed by atoms with Crippen LogP contribution in [0.25, 0.3) is 15.9 Å². The van der Waals surface area contributed by atoms with E-state index < -0.39 is 6.04 Å². The van der Waals surface area contributed by atoms with E-state index in [2.05, 4.69) is 18.8 Å². The van der Waals surface area contributed by atoms with Crippen LogP contribution >= 0.6 is 11.3 Å². The maximum atomic E-state index is 13.2. The van der Waals surface area contributed by atoms with E-state index in [0.29, 0.717) is 23.4 Å². The highest BCUT2D eigenvalue weighted by atomic mass is 32.1. The minimum absolute atomic E-state index is 0.253. The number of nitrogens with zero attached hydrogens (tertiary/aromatic N) is 5. The number of carbonyl (C=O) groups is 2. The normalized spacial score (nSPS) is 16.9. The third kappa shape index (κ3) is 2.82. The van der Waals surface area contributed by atoms with Crippen molar-refractivity contribution in [1.29, 1.82) is 0 Å². The van der Waals surface area contributed by atoms with Crippen LogP contribution in [0.4, 0.5) is 0 Å². The van der Waals surface area contributed by atoms with E-state index in [4.69, 9.17) is 10.1 Å². The lowest BCUT2D eigenvalue weighted by Crippen LogP contribution is -2.35. The summed E-state index contributed by atoms with van der Waals surface area (Å²) in [5.74, 6) is 0.207. The number of fused-ring (bicyclic) bond motifs is 6. The average molecular weight is 446 g/mol. The molecule has 7 nitrogen and oxygen atoms in total. The van der Waals surface area contributed by atoms with Gasteiger partial charge in [-0.25, -0.2) is 14.5 Å². The molecule has 0 bridgehead atoms. The number of amides is 2. The number of hydrogen-bond donors (Lipinski definition) is 0. The molecule has 162 valence electrons. The van der Waals surface area contributed by atoms with Gasteiger partial charge in [-0.2, -0.15) is 0 Å². The molecule has 2 aliphatic rings. The van der Waals surface area contributed by atoms with Gasteiger partial charge in [0.15, 0.2) is 11.5 Å². The summed E-state index contributed by atoms with van der Waals surface area (Å²) < 4.78 is 1.71. The highest BCUT2D eigenvalue weighted by molar-refractivity contribution is 7.19. The number of benzene rings is 1. The van der Waals surface area contributed by atoms with Crippen LogP contribution in [0.2, 0.25) is 0 Å². The number of aryl methyl sites for hydroxylation is 2. The first-order valence-electron chi connectivity index (χ1n) is 11.2. The minimum atomic E-state index is -0.521. The minimum Gasteiger partial charge on any atom is -0.269 e. The molecule has 1 atom stereocenters. The van der Waals surface area contributed by atoms with Gasteiger partial charge in [0.2, 0.25) is 0 Å². The van der Waals surface area contributed by atoms with E-state index in [-0.39, 0.29) is 17.7 Å². The fourth-order valence-electron chi connectivity index (χ4n) is 4.98. The predicted molar refractivity (Wildman–Crippen MR) is 122 cm³/mol. The summed E-state index contributed by atoms with van der Waals surface area (Å²) in [4.78, 5) is 39.7. The van der Waals surface area contributed by atoms with Crippen LogP contribution in [0.3, 0.4) is 0 Å². The molecule has 1 aliphatic carbocycles. The van der Waals surface area contributed by atoms with Crippen molar-refractivity contribution in [1.82, 2.24) is 24.5 Å². The zero-order valence-corrected chi connectivity index (χ0v) is 18.9. The van der Waals surface area contributed by atoms with Crippen LogP contribution in [0, 0.1) is 5.92 Å². The second-order valence-electron chi connectivity index (χ2n) is 9.05. The largest absolute Gasteiger partial charge is 0.269 e. The molecule has 3 aromatic heterocycles. The molecule has 0 saturated heterocycles. The van der Waals surface area contributed by atoms with Crippen molar-refractivity contribution >= 4 is 39.0 Å². The molecule has 2 amide bonds. The van der Waals surface area contributed by atoms with E-state index >= 15 is 0 Å². The number of aromatic nitrogens is 4. The van der Waals surface area contributed by atoms with Crippen LogP contribution < -0.4 is 0 Å². The lowest BCUT2D eigenvalue weighted by atomic mass is 9.97. The van der Waals surface area contributed by atoms with Gasteiger partial charge < -0.3 is 0 Å². The van der Waals surface area contributed by atoms with Crippen molar-refractivity contribution in [3.8, 4) is 0 Å². The van der Waals surface area contributed by atoms with Gasteiger partial charge in [0.25, 0.3) is 11.8 Å². The SMILES string of the molecule is CC(C)CC(c1nc2c3c4c(sc3ncn2n1)CCCC4)N1C(=O)c2ccccc2C1=O. The number of thiophene rings is 1. The van der Waals surface area contributed by atoms with Crippen molar-refractivity contribution in [3.05, 3.63) is 58.0 Å². The van der Waals surface area contributed by atoms with Gasteiger partial charge in [0.05, 0.1) is 16.5 Å². The smallest absolute Gasteiger partial charge is 0.262 e. The van der Waals surface area contributed by atoms with E-state index in [1.807, 2.05) is 0 Å². The third-order valence-electron chi connectivity index (χ3n) is 6.44. The molecular formula is C24H23N5O2S. The van der Waals surface area contributed by atoms with Crippen LogP contribution in [0.5, 0.6) is 0 Å². The Kier molecular flexibility index (Phi) is 4.40. The van der Waals surface area contributed by atoms with Gasteiger partial charge in [0.1, 0.15) is 17.2 Å². The third-order valence-corrected chi connectivity index (χ3v) is 7.64. The van der Waals surface area contributed by atoms with Gasteiger partial charge in [0, 0.05) is 4.88 Å². The predicted octanol–water partition coefficient (Wildman–Crippen LogP) is 4.60. The number of carbonyl (C=O) groups excluding carboxylic acids is 2. The molecule has 32 heavy (non-hydrogen) atoms. The Morgan fingerprint density at radius 1 is 1.06 bits per heavy atom. The van der Waals surface area contributed by atoms with Crippen molar-refractivity contribution in [2.45, 2.75) is 52.0 Å². The first-order valence-corrected chi connectivity index (χ1v) is 12.0. The second kappa shape index (κ2) is 7.20. The molecule has 1 unspecified atom stereocenters. The summed E-state index contributed by atoms with van der Waals surface area (Å²) in [5, 5.41) is 5.80. The van der Waals surface area contributed by atoms with Crippen molar-refractivity contribution < 1.29 is 9.59 Å². The zero-order valence-electron chi connectivity index (χ0n) is 18.0. The van der Waals surface area contributed by atoms with Crippen LogP contribution in [-0.4, -0.2) is 36.3 Å². The fourth-order valence-corrected chi connectivity index (χ4v) is 6.20. The molecule has 0 radical (unpaired) electrons. The standard InChI is InChI=1S/C24H23N5O2S/c1-13(2)11-17(29-23(30)14-7-3-4-8-15(14)24(29)31)20-26-21-19-16-9-5-6-10-18(16)32-22(19)25-12-28(21)27-20/h3-4,7-8,12-13,17H,5-6,9-11H2,1-2H3. The summed E-state index contributed by atoms with van der Waals surface area (Å²) in [5.41, 5.74) is 3.01. The molecule has 6 rings (SSSR count). The topological polar surface area (TPSA) is 80.5 Å². The number of hydrogen-bond acceptors (Lipinski definition) is 6. The zero-order chi connectivity index (χ0) is 22.0. The highest BCUT2D eigenvalue weighted by Gasteiger charge is 2.42. The maximum Gasteiger partial charge on any atom is 0.262 e. The first kappa shape index (κ1) is 19.5. The van der Waals surface area contributed by atoms with Gasteiger partial charge in [-0.1, -0.05) is 26.0 Å². The molecule has 1 aromatic carbocycles. The Morgan fingerprint density at radius 3 is 2.50 bits per heavy atom. The molecule has 0 fully saturated rings. The number of imide groups is 1. The highest BCUT2D eigenvalue weighted by Crippen LogP contribution is 2.38. The van der Waals surface area contributed by atoms with Crippen molar-refractivity contribution in [2.24, 2.45) is 5.92 Å². The van der Waals surface area contributed by atoms with Gasteiger partial charge in [-0.05, 0) is 55.7 Å². The maximum absolute atomic E-state index is 13.2. The van der Waals surface area contributed by atoms with E-state index in [0.717, 1.165) is 28.7 Å². The monoisotopic (exact) mass is 445 g/mol. The molecular weight excluding hydrogens is 422 g/mol. The van der Waals surface area contributed by atoms with Crippen molar-refractivity contribution in [2.75, 3.05) is 0 Å². The average Bonchev–Trinajstić information content (AvgIpc) is 3.45. The Morgan fingerprint density at radius 2 is 1.78 bits per heavy atom. The Labute approximate surface area is 189 Å².